The van der Waals surface area contributed by atoms with Crippen molar-refractivity contribution in [2.24, 2.45) is 0 Å². The Kier molecular flexibility index (Phi) is 5.65. The van der Waals surface area contributed by atoms with Crippen LogP contribution in [0, 0.1) is 11.3 Å². The van der Waals surface area contributed by atoms with Gasteiger partial charge in [0.15, 0.2) is 0 Å². The number of hydrogen-bond acceptors (Lipinski definition) is 3. The van der Waals surface area contributed by atoms with Gasteiger partial charge < -0.3 is 9.84 Å². The van der Waals surface area contributed by atoms with Gasteiger partial charge in [-0.1, -0.05) is 17.7 Å². The Labute approximate surface area is 144 Å². The molecule has 0 radical (unpaired) electrons. The summed E-state index contributed by atoms with van der Waals surface area (Å²) >= 11 is 12.9. The fourth-order valence-electron chi connectivity index (χ4n) is 1.73. The van der Waals surface area contributed by atoms with E-state index in [0.717, 1.165) is 20.1 Å². The molecule has 0 saturated carbocycles. The number of aliphatic hydroxyl groups is 1. The lowest BCUT2D eigenvalue weighted by molar-refractivity contribution is 0.280. The highest BCUT2D eigenvalue weighted by Crippen LogP contribution is 2.35. The molecule has 0 spiro atoms. The van der Waals surface area contributed by atoms with Crippen LogP contribution in [-0.4, -0.2) is 5.11 Å². The van der Waals surface area contributed by atoms with E-state index in [1.807, 2.05) is 6.07 Å². The Bertz CT molecular complexity index is 690. The zero-order valence-corrected chi connectivity index (χ0v) is 14.7. The molecule has 21 heavy (non-hydrogen) atoms. The summed E-state index contributed by atoms with van der Waals surface area (Å²) in [5.74, 6) is 0.632. The maximum Gasteiger partial charge on any atom is 0.148 e. The van der Waals surface area contributed by atoms with Crippen LogP contribution in [0.3, 0.4) is 0 Å². The van der Waals surface area contributed by atoms with Crippen molar-refractivity contribution in [3.05, 3.63) is 61.0 Å². The van der Waals surface area contributed by atoms with Crippen LogP contribution in [0.15, 0.2) is 39.3 Å². The largest absolute Gasteiger partial charge is 0.486 e. The number of halogens is 3. The third kappa shape index (κ3) is 3.98. The number of aliphatic hydroxyl groups excluding tert-OH is 1. The lowest BCUT2D eigenvalue weighted by atomic mass is 10.1. The molecule has 6 heteroatoms. The van der Waals surface area contributed by atoms with Gasteiger partial charge in [0.2, 0.25) is 0 Å². The molecule has 2 aromatic carbocycles. The molecule has 0 aromatic heterocycles. The Balaban J connectivity index is 2.19. The van der Waals surface area contributed by atoms with Crippen molar-refractivity contribution in [3.63, 3.8) is 0 Å². The van der Waals surface area contributed by atoms with E-state index in [1.165, 1.54) is 0 Å². The molecule has 0 bridgehead atoms. The first kappa shape index (κ1) is 16.3. The maximum absolute atomic E-state index is 9.14. The Hall–Kier alpha value is -1.06. The van der Waals surface area contributed by atoms with Crippen molar-refractivity contribution in [1.82, 2.24) is 0 Å². The number of rotatable bonds is 4. The molecule has 0 heterocycles. The lowest BCUT2D eigenvalue weighted by Gasteiger charge is -2.12. The van der Waals surface area contributed by atoms with Gasteiger partial charge in [-0.05, 0) is 61.7 Å². The summed E-state index contributed by atoms with van der Waals surface area (Å²) in [7, 11) is 0. The second-order valence-electron chi connectivity index (χ2n) is 4.25. The Morgan fingerprint density at radius 2 is 1.86 bits per heavy atom. The molecule has 1 N–H and O–H groups in total. The van der Waals surface area contributed by atoms with Crippen molar-refractivity contribution in [1.29, 1.82) is 5.26 Å². The minimum absolute atomic E-state index is 0.0427. The zero-order valence-electron chi connectivity index (χ0n) is 10.7. The van der Waals surface area contributed by atoms with Crippen LogP contribution < -0.4 is 4.74 Å². The second-order valence-corrected chi connectivity index (χ2v) is 6.37. The van der Waals surface area contributed by atoms with E-state index >= 15 is 0 Å². The van der Waals surface area contributed by atoms with Crippen LogP contribution in [0.2, 0.25) is 5.02 Å². The van der Waals surface area contributed by atoms with Crippen LogP contribution in [0.4, 0.5) is 0 Å². The number of nitrogens with zero attached hydrogens (tertiary/aromatic N) is 1. The molecular formula is C15H10Br2ClNO2. The monoisotopic (exact) mass is 429 g/mol. The molecule has 0 unspecified atom stereocenters. The summed E-state index contributed by atoms with van der Waals surface area (Å²) in [6.45, 7) is 0.235. The first-order valence-electron chi connectivity index (χ1n) is 5.95. The number of nitriles is 1. The Morgan fingerprint density at radius 3 is 2.38 bits per heavy atom. The van der Waals surface area contributed by atoms with Crippen LogP contribution in [-0.2, 0) is 13.2 Å². The minimum atomic E-state index is -0.0427. The van der Waals surface area contributed by atoms with Gasteiger partial charge in [-0.2, -0.15) is 5.26 Å². The fourth-order valence-corrected chi connectivity index (χ4v) is 3.47. The normalized spacial score (nSPS) is 10.2. The van der Waals surface area contributed by atoms with Crippen molar-refractivity contribution in [2.45, 2.75) is 13.2 Å². The van der Waals surface area contributed by atoms with E-state index < -0.39 is 0 Å². The van der Waals surface area contributed by atoms with Crippen LogP contribution >= 0.6 is 43.5 Å². The highest BCUT2D eigenvalue weighted by molar-refractivity contribution is 9.11. The highest BCUT2D eigenvalue weighted by Gasteiger charge is 2.10. The van der Waals surface area contributed by atoms with E-state index in [-0.39, 0.29) is 13.2 Å². The minimum Gasteiger partial charge on any atom is -0.486 e. The van der Waals surface area contributed by atoms with Crippen LogP contribution in [0.1, 0.15) is 16.7 Å². The fraction of sp³-hybridized carbons (Fsp3) is 0.133. The predicted molar refractivity (Wildman–Crippen MR) is 88.3 cm³/mol. The number of hydrogen-bond donors (Lipinski definition) is 1. The van der Waals surface area contributed by atoms with Crippen LogP contribution in [0.5, 0.6) is 5.75 Å². The van der Waals surface area contributed by atoms with Crippen molar-refractivity contribution < 1.29 is 9.84 Å². The molecule has 0 fully saturated rings. The summed E-state index contributed by atoms with van der Waals surface area (Å²) in [4.78, 5) is 0. The number of ether oxygens (including phenoxy) is 1. The average molecular weight is 432 g/mol. The number of benzene rings is 2. The van der Waals surface area contributed by atoms with Crippen molar-refractivity contribution in [3.8, 4) is 11.8 Å². The first-order valence-corrected chi connectivity index (χ1v) is 7.91. The predicted octanol–water partition coefficient (Wildman–Crippen LogP) is 4.81. The average Bonchev–Trinajstić information content (AvgIpc) is 2.47. The molecule has 0 aliphatic heterocycles. The van der Waals surface area contributed by atoms with E-state index in [2.05, 4.69) is 31.9 Å². The molecule has 3 nitrogen and oxygen atoms in total. The van der Waals surface area contributed by atoms with Gasteiger partial charge in [-0.15, -0.1) is 0 Å². The molecule has 2 rings (SSSR count). The third-order valence-electron chi connectivity index (χ3n) is 2.79. The molecule has 0 aliphatic rings. The van der Waals surface area contributed by atoms with Gasteiger partial charge in [0.05, 0.1) is 27.2 Å². The lowest BCUT2D eigenvalue weighted by Crippen LogP contribution is -1.99. The Morgan fingerprint density at radius 1 is 1.19 bits per heavy atom. The van der Waals surface area contributed by atoms with E-state index in [1.54, 1.807) is 30.3 Å². The van der Waals surface area contributed by atoms with E-state index in [4.69, 9.17) is 26.7 Å². The van der Waals surface area contributed by atoms with Gasteiger partial charge in [-0.3, -0.25) is 0 Å². The SMILES string of the molecule is N#Cc1ccc(COc2c(Br)cc(CO)cc2Br)c(Cl)c1. The molecular weight excluding hydrogens is 421 g/mol. The summed E-state index contributed by atoms with van der Waals surface area (Å²) in [5, 5.41) is 18.4. The molecule has 0 atom stereocenters. The topological polar surface area (TPSA) is 53.2 Å². The summed E-state index contributed by atoms with van der Waals surface area (Å²) in [5.41, 5.74) is 2.08. The molecule has 108 valence electrons. The first-order chi connectivity index (χ1) is 10.0. The van der Waals surface area contributed by atoms with Crippen molar-refractivity contribution >= 4 is 43.5 Å². The van der Waals surface area contributed by atoms with Gasteiger partial charge in [0.25, 0.3) is 0 Å². The molecule has 0 saturated heterocycles. The van der Waals surface area contributed by atoms with Gasteiger partial charge in [0, 0.05) is 10.6 Å². The molecule has 2 aromatic rings. The quantitative estimate of drug-likeness (QED) is 0.756. The van der Waals surface area contributed by atoms with E-state index in [9.17, 15) is 0 Å². The summed E-state index contributed by atoms with van der Waals surface area (Å²) in [6, 6.07) is 10.7. The smallest absolute Gasteiger partial charge is 0.148 e. The standard InChI is InChI=1S/C15H10Br2ClNO2/c16-12-3-10(7-20)4-13(17)15(12)21-8-11-2-1-9(6-19)5-14(11)18/h1-5,20H,7-8H2. The zero-order chi connectivity index (χ0) is 15.4. The van der Waals surface area contributed by atoms with Gasteiger partial charge in [0.1, 0.15) is 12.4 Å². The van der Waals surface area contributed by atoms with Gasteiger partial charge >= 0.3 is 0 Å². The van der Waals surface area contributed by atoms with E-state index in [0.29, 0.717) is 16.3 Å². The third-order valence-corrected chi connectivity index (χ3v) is 4.32. The molecule has 0 aliphatic carbocycles. The molecule has 0 amide bonds. The summed E-state index contributed by atoms with van der Waals surface area (Å²) in [6.07, 6.45) is 0. The maximum atomic E-state index is 9.14. The highest BCUT2D eigenvalue weighted by atomic mass is 79.9. The van der Waals surface area contributed by atoms with Gasteiger partial charge in [-0.25, -0.2) is 0 Å². The van der Waals surface area contributed by atoms with Crippen LogP contribution in [0.25, 0.3) is 0 Å². The summed E-state index contributed by atoms with van der Waals surface area (Å²) < 4.78 is 7.25. The van der Waals surface area contributed by atoms with Crippen molar-refractivity contribution in [2.75, 3.05) is 0 Å². The second kappa shape index (κ2) is 7.28.